The first-order chi connectivity index (χ1) is 15.1. The van der Waals surface area contributed by atoms with Gasteiger partial charge >= 0.3 is 6.01 Å². The molecule has 2 N–H and O–H groups in total. The lowest BCUT2D eigenvalue weighted by molar-refractivity contribution is 0.312. The van der Waals surface area contributed by atoms with Crippen LogP contribution in [0.5, 0.6) is 17.5 Å². The fraction of sp³-hybridized carbons (Fsp3) is 0.0800. The normalized spacial score (nSPS) is 11.1. The molecule has 0 radical (unpaired) electrons. The topological polar surface area (TPSA) is 88.4 Å². The van der Waals surface area contributed by atoms with Crippen LogP contribution in [0.25, 0.3) is 44.3 Å². The summed E-state index contributed by atoms with van der Waals surface area (Å²) in [7, 11) is 0. The number of nitrogens with zero attached hydrogens (tertiary/aromatic N) is 3. The standard InChI is InChI=1S/C25H19N3O3/c1-2-31-25-27-23(20-12-11-16(29)14-22(20)30)26-24(28-25)21-13-15-7-3-4-8-17(15)18-9-5-6-10-19(18)21/h3-14,29-30H,2H2,1H3. The molecule has 6 nitrogen and oxygen atoms in total. The van der Waals surface area contributed by atoms with Crippen LogP contribution >= 0.6 is 0 Å². The minimum Gasteiger partial charge on any atom is -0.508 e. The van der Waals surface area contributed by atoms with E-state index in [0.717, 1.165) is 27.1 Å². The number of phenols is 2. The van der Waals surface area contributed by atoms with Gasteiger partial charge in [-0.2, -0.15) is 9.97 Å². The Morgan fingerprint density at radius 3 is 2.13 bits per heavy atom. The lowest BCUT2D eigenvalue weighted by Crippen LogP contribution is -2.03. The predicted octanol–water partition coefficient (Wildman–Crippen LogP) is 5.32. The van der Waals surface area contributed by atoms with Crippen molar-refractivity contribution < 1.29 is 14.9 Å². The number of rotatable bonds is 4. The minimum atomic E-state index is -0.122. The summed E-state index contributed by atoms with van der Waals surface area (Å²) < 4.78 is 5.60. The average Bonchev–Trinajstić information content (AvgIpc) is 2.78. The lowest BCUT2D eigenvalue weighted by atomic mass is 9.97. The van der Waals surface area contributed by atoms with Gasteiger partial charge in [-0.25, -0.2) is 4.98 Å². The lowest BCUT2D eigenvalue weighted by Gasteiger charge is -2.12. The van der Waals surface area contributed by atoms with Gasteiger partial charge < -0.3 is 14.9 Å². The summed E-state index contributed by atoms with van der Waals surface area (Å²) in [4.78, 5) is 13.6. The highest BCUT2D eigenvalue weighted by Crippen LogP contribution is 2.36. The number of benzene rings is 4. The highest BCUT2D eigenvalue weighted by molar-refractivity contribution is 6.13. The van der Waals surface area contributed by atoms with Crippen LogP contribution in [0.1, 0.15) is 6.92 Å². The molecule has 6 heteroatoms. The predicted molar refractivity (Wildman–Crippen MR) is 120 cm³/mol. The highest BCUT2D eigenvalue weighted by atomic mass is 16.5. The van der Waals surface area contributed by atoms with Gasteiger partial charge in [0.1, 0.15) is 11.5 Å². The van der Waals surface area contributed by atoms with Gasteiger partial charge in [0.2, 0.25) is 0 Å². The summed E-state index contributed by atoms with van der Waals surface area (Å²) in [5.74, 6) is 0.551. The van der Waals surface area contributed by atoms with Crippen molar-refractivity contribution in [1.29, 1.82) is 0 Å². The first-order valence-electron chi connectivity index (χ1n) is 9.96. The maximum atomic E-state index is 10.3. The van der Waals surface area contributed by atoms with Crippen molar-refractivity contribution in [3.63, 3.8) is 0 Å². The molecule has 1 heterocycles. The molecule has 0 saturated carbocycles. The molecule has 0 aliphatic rings. The van der Waals surface area contributed by atoms with Crippen molar-refractivity contribution in [2.45, 2.75) is 6.92 Å². The van der Waals surface area contributed by atoms with Crippen molar-refractivity contribution in [2.24, 2.45) is 0 Å². The number of aromatic nitrogens is 3. The zero-order valence-corrected chi connectivity index (χ0v) is 16.8. The molecule has 0 atom stereocenters. The SMILES string of the molecule is CCOc1nc(-c2ccc(O)cc2O)nc(-c2cc3ccccc3c3ccccc23)n1. The second-order valence-electron chi connectivity index (χ2n) is 7.09. The fourth-order valence-corrected chi connectivity index (χ4v) is 3.74. The van der Waals surface area contributed by atoms with E-state index in [1.165, 1.54) is 12.1 Å². The Morgan fingerprint density at radius 1 is 0.710 bits per heavy atom. The third-order valence-corrected chi connectivity index (χ3v) is 5.12. The second-order valence-corrected chi connectivity index (χ2v) is 7.09. The maximum Gasteiger partial charge on any atom is 0.320 e. The Morgan fingerprint density at radius 2 is 1.39 bits per heavy atom. The first-order valence-corrected chi connectivity index (χ1v) is 9.96. The Balaban J connectivity index is 1.80. The van der Waals surface area contributed by atoms with Crippen LogP contribution in [0.2, 0.25) is 0 Å². The van der Waals surface area contributed by atoms with E-state index in [0.29, 0.717) is 18.0 Å². The average molecular weight is 409 g/mol. The third-order valence-electron chi connectivity index (χ3n) is 5.12. The number of hydrogen-bond donors (Lipinski definition) is 2. The molecule has 0 saturated heterocycles. The van der Waals surface area contributed by atoms with Crippen LogP contribution in [0.15, 0.2) is 72.8 Å². The quantitative estimate of drug-likeness (QED) is 0.391. The van der Waals surface area contributed by atoms with Crippen LogP contribution < -0.4 is 4.74 Å². The van der Waals surface area contributed by atoms with E-state index >= 15 is 0 Å². The Kier molecular flexibility index (Phi) is 4.59. The minimum absolute atomic E-state index is 0.0407. The summed E-state index contributed by atoms with van der Waals surface area (Å²) in [5.41, 5.74) is 1.23. The van der Waals surface area contributed by atoms with Gasteiger partial charge in [-0.1, -0.05) is 48.5 Å². The summed E-state index contributed by atoms with van der Waals surface area (Å²) >= 11 is 0. The van der Waals surface area contributed by atoms with Gasteiger partial charge in [0.25, 0.3) is 0 Å². The van der Waals surface area contributed by atoms with Gasteiger partial charge in [0.15, 0.2) is 11.6 Å². The van der Waals surface area contributed by atoms with Gasteiger partial charge in [-0.15, -0.1) is 0 Å². The first kappa shape index (κ1) is 18.8. The number of hydrogen-bond acceptors (Lipinski definition) is 6. The van der Waals surface area contributed by atoms with Crippen LogP contribution in [-0.2, 0) is 0 Å². The Labute approximate surface area is 178 Å². The molecule has 0 aliphatic heterocycles. The summed E-state index contributed by atoms with van der Waals surface area (Å²) in [5, 5.41) is 24.3. The zero-order valence-electron chi connectivity index (χ0n) is 16.8. The van der Waals surface area contributed by atoms with E-state index in [1.807, 2.05) is 37.3 Å². The van der Waals surface area contributed by atoms with E-state index in [2.05, 4.69) is 39.2 Å². The molecule has 4 aromatic carbocycles. The molecule has 0 spiro atoms. The smallest absolute Gasteiger partial charge is 0.320 e. The third kappa shape index (κ3) is 3.38. The van der Waals surface area contributed by atoms with E-state index < -0.39 is 0 Å². The monoisotopic (exact) mass is 409 g/mol. The Hall–Kier alpha value is -4.19. The van der Waals surface area contributed by atoms with Crippen molar-refractivity contribution in [3.8, 4) is 40.3 Å². The molecule has 1 aromatic heterocycles. The highest BCUT2D eigenvalue weighted by Gasteiger charge is 2.17. The number of phenolic OH excluding ortho intramolecular Hbond substituents is 2. The van der Waals surface area contributed by atoms with Crippen molar-refractivity contribution in [2.75, 3.05) is 6.61 Å². The molecule has 0 aliphatic carbocycles. The molecule has 5 aromatic rings. The maximum absolute atomic E-state index is 10.3. The van der Waals surface area contributed by atoms with Gasteiger partial charge in [-0.05, 0) is 46.7 Å². The molecule has 152 valence electrons. The van der Waals surface area contributed by atoms with E-state index in [-0.39, 0.29) is 23.3 Å². The van der Waals surface area contributed by atoms with Gasteiger partial charge in [-0.3, -0.25) is 0 Å². The van der Waals surface area contributed by atoms with Gasteiger partial charge in [0, 0.05) is 11.6 Å². The largest absolute Gasteiger partial charge is 0.508 e. The summed E-state index contributed by atoms with van der Waals surface area (Å²) in [6.45, 7) is 2.25. The van der Waals surface area contributed by atoms with Crippen LogP contribution in [0.3, 0.4) is 0 Å². The van der Waals surface area contributed by atoms with E-state index in [9.17, 15) is 10.2 Å². The number of ether oxygens (including phenoxy) is 1. The number of fused-ring (bicyclic) bond motifs is 3. The van der Waals surface area contributed by atoms with Crippen LogP contribution in [-0.4, -0.2) is 31.8 Å². The summed E-state index contributed by atoms with van der Waals surface area (Å²) in [6, 6.07) is 22.8. The number of aromatic hydroxyl groups is 2. The molecular formula is C25H19N3O3. The molecular weight excluding hydrogens is 390 g/mol. The van der Waals surface area contributed by atoms with Crippen LogP contribution in [0.4, 0.5) is 0 Å². The van der Waals surface area contributed by atoms with Crippen LogP contribution in [0, 0.1) is 0 Å². The zero-order chi connectivity index (χ0) is 21.4. The fourth-order valence-electron chi connectivity index (χ4n) is 3.74. The summed E-state index contributed by atoms with van der Waals surface area (Å²) in [6.07, 6.45) is 0. The van der Waals surface area contributed by atoms with Gasteiger partial charge in [0.05, 0.1) is 12.2 Å². The Bertz CT molecular complexity index is 1430. The van der Waals surface area contributed by atoms with E-state index in [1.54, 1.807) is 6.07 Å². The molecule has 0 bridgehead atoms. The van der Waals surface area contributed by atoms with E-state index in [4.69, 9.17) is 4.74 Å². The van der Waals surface area contributed by atoms with Crippen molar-refractivity contribution >= 4 is 21.5 Å². The van der Waals surface area contributed by atoms with Crippen molar-refractivity contribution in [3.05, 3.63) is 72.8 Å². The molecule has 5 rings (SSSR count). The molecule has 0 unspecified atom stereocenters. The molecule has 0 amide bonds. The molecule has 31 heavy (non-hydrogen) atoms. The second kappa shape index (κ2) is 7.57. The molecule has 0 fully saturated rings. The van der Waals surface area contributed by atoms with Crippen molar-refractivity contribution in [1.82, 2.24) is 15.0 Å².